The van der Waals surface area contributed by atoms with E-state index in [-0.39, 0.29) is 18.4 Å². The molecule has 0 saturated carbocycles. The van der Waals surface area contributed by atoms with Gasteiger partial charge >= 0.3 is 0 Å². The first-order valence-corrected chi connectivity index (χ1v) is 10.1. The number of nitrogens with one attached hydrogen (secondary N) is 1. The Morgan fingerprint density at radius 1 is 1.03 bits per heavy atom. The zero-order valence-corrected chi connectivity index (χ0v) is 18.2. The van der Waals surface area contributed by atoms with Crippen LogP contribution >= 0.6 is 11.6 Å². The molecule has 0 unspecified atom stereocenters. The van der Waals surface area contributed by atoms with E-state index in [2.05, 4.69) is 5.32 Å². The summed E-state index contributed by atoms with van der Waals surface area (Å²) in [6.07, 6.45) is 0. The number of rotatable bonds is 9. The number of benzene rings is 2. The predicted molar refractivity (Wildman–Crippen MR) is 116 cm³/mol. The Labute approximate surface area is 178 Å². The van der Waals surface area contributed by atoms with Gasteiger partial charge in [0.15, 0.2) is 6.61 Å². The van der Waals surface area contributed by atoms with E-state index in [0.717, 1.165) is 11.1 Å². The van der Waals surface area contributed by atoms with Crippen molar-refractivity contribution in [2.45, 2.75) is 40.3 Å². The van der Waals surface area contributed by atoms with Gasteiger partial charge in [-0.15, -0.1) is 0 Å². The molecule has 0 aliphatic rings. The maximum absolute atomic E-state index is 12.9. The van der Waals surface area contributed by atoms with Crippen LogP contribution in [0.4, 0.5) is 0 Å². The lowest BCUT2D eigenvalue weighted by molar-refractivity contribution is -0.142. The van der Waals surface area contributed by atoms with Gasteiger partial charge in [-0.05, 0) is 49.6 Å². The van der Waals surface area contributed by atoms with Gasteiger partial charge < -0.3 is 15.0 Å². The van der Waals surface area contributed by atoms with E-state index < -0.39 is 6.04 Å². The number of carbonyl (C=O) groups is 2. The molecule has 1 atom stereocenters. The highest BCUT2D eigenvalue weighted by Crippen LogP contribution is 2.16. The second-order valence-electron chi connectivity index (χ2n) is 7.56. The smallest absolute Gasteiger partial charge is 0.261 e. The van der Waals surface area contributed by atoms with E-state index in [1.54, 1.807) is 36.1 Å². The van der Waals surface area contributed by atoms with Crippen LogP contribution in [0.15, 0.2) is 48.5 Å². The van der Waals surface area contributed by atoms with E-state index in [0.29, 0.717) is 29.8 Å². The van der Waals surface area contributed by atoms with Crippen molar-refractivity contribution in [2.24, 2.45) is 5.92 Å². The third-order valence-electron chi connectivity index (χ3n) is 4.50. The van der Waals surface area contributed by atoms with Gasteiger partial charge in [0.1, 0.15) is 11.8 Å². The van der Waals surface area contributed by atoms with Crippen molar-refractivity contribution in [3.63, 3.8) is 0 Å². The number of hydrogen-bond donors (Lipinski definition) is 1. The zero-order valence-electron chi connectivity index (χ0n) is 17.4. The highest BCUT2D eigenvalue weighted by molar-refractivity contribution is 6.30. The van der Waals surface area contributed by atoms with E-state index in [4.69, 9.17) is 16.3 Å². The highest BCUT2D eigenvalue weighted by atomic mass is 35.5. The molecule has 2 rings (SSSR count). The molecule has 0 spiro atoms. The Kier molecular flexibility index (Phi) is 8.52. The number of amides is 2. The zero-order chi connectivity index (χ0) is 21.4. The fourth-order valence-corrected chi connectivity index (χ4v) is 2.81. The Morgan fingerprint density at radius 2 is 1.66 bits per heavy atom. The predicted octanol–water partition coefficient (Wildman–Crippen LogP) is 4.22. The first-order valence-electron chi connectivity index (χ1n) is 9.77. The minimum atomic E-state index is -0.614. The van der Waals surface area contributed by atoms with Gasteiger partial charge in [-0.2, -0.15) is 0 Å². The van der Waals surface area contributed by atoms with Gasteiger partial charge in [-0.1, -0.05) is 55.3 Å². The summed E-state index contributed by atoms with van der Waals surface area (Å²) in [5.41, 5.74) is 2.10. The summed E-state index contributed by atoms with van der Waals surface area (Å²) >= 11 is 5.88. The molecule has 6 heteroatoms. The molecule has 1 N–H and O–H groups in total. The Bertz CT molecular complexity index is 804. The van der Waals surface area contributed by atoms with Gasteiger partial charge in [0.25, 0.3) is 5.91 Å². The molecule has 0 aliphatic heterocycles. The Hall–Kier alpha value is -2.53. The van der Waals surface area contributed by atoms with E-state index in [1.807, 2.05) is 45.0 Å². The van der Waals surface area contributed by atoms with Crippen molar-refractivity contribution in [1.29, 1.82) is 0 Å². The Balaban J connectivity index is 2.10. The van der Waals surface area contributed by atoms with E-state index >= 15 is 0 Å². The molecule has 2 aromatic rings. The molecule has 0 bridgehead atoms. The lowest BCUT2D eigenvalue weighted by atomic mass is 10.1. The molecule has 0 aliphatic carbocycles. The van der Waals surface area contributed by atoms with Gasteiger partial charge in [0.2, 0.25) is 5.91 Å². The number of halogens is 1. The molecule has 0 aromatic heterocycles. The average molecular weight is 417 g/mol. The molecule has 156 valence electrons. The van der Waals surface area contributed by atoms with Gasteiger partial charge in [0, 0.05) is 18.1 Å². The van der Waals surface area contributed by atoms with Crippen LogP contribution in [0.5, 0.6) is 5.75 Å². The Morgan fingerprint density at radius 3 is 2.24 bits per heavy atom. The summed E-state index contributed by atoms with van der Waals surface area (Å²) in [5, 5.41) is 3.50. The lowest BCUT2D eigenvalue weighted by Crippen LogP contribution is -2.49. The fraction of sp³-hybridized carbons (Fsp3) is 0.391. The maximum Gasteiger partial charge on any atom is 0.261 e. The standard InChI is InChI=1S/C23H29ClN2O3/c1-16(2)13-25-23(28)18(4)26(14-19-7-5-17(3)6-8-19)22(27)15-29-21-11-9-20(24)10-12-21/h5-12,16,18H,13-15H2,1-4H3,(H,25,28)/t18-/m0/s1. The third kappa shape index (κ3) is 7.42. The van der Waals surface area contributed by atoms with Crippen molar-refractivity contribution in [3.05, 3.63) is 64.7 Å². The molecule has 0 saturated heterocycles. The number of nitrogens with zero attached hydrogens (tertiary/aromatic N) is 1. The quantitative estimate of drug-likeness (QED) is 0.665. The van der Waals surface area contributed by atoms with Gasteiger partial charge in [-0.3, -0.25) is 9.59 Å². The van der Waals surface area contributed by atoms with E-state index in [9.17, 15) is 9.59 Å². The van der Waals surface area contributed by atoms with Crippen LogP contribution in [0.1, 0.15) is 31.9 Å². The van der Waals surface area contributed by atoms with Crippen molar-refractivity contribution in [1.82, 2.24) is 10.2 Å². The van der Waals surface area contributed by atoms with Crippen molar-refractivity contribution in [2.75, 3.05) is 13.2 Å². The number of aryl methyl sites for hydroxylation is 1. The minimum Gasteiger partial charge on any atom is -0.484 e. The van der Waals surface area contributed by atoms with Crippen molar-refractivity contribution < 1.29 is 14.3 Å². The van der Waals surface area contributed by atoms with Crippen molar-refractivity contribution in [3.8, 4) is 5.75 Å². The van der Waals surface area contributed by atoms with Gasteiger partial charge in [0.05, 0.1) is 0 Å². The van der Waals surface area contributed by atoms with Gasteiger partial charge in [-0.25, -0.2) is 0 Å². The van der Waals surface area contributed by atoms with Crippen LogP contribution in [0.3, 0.4) is 0 Å². The number of hydrogen-bond acceptors (Lipinski definition) is 3. The molecule has 5 nitrogen and oxygen atoms in total. The summed E-state index contributed by atoms with van der Waals surface area (Å²) in [6.45, 7) is 8.55. The molecule has 0 heterocycles. The molecule has 2 aromatic carbocycles. The molecular formula is C23H29ClN2O3. The summed E-state index contributed by atoms with van der Waals surface area (Å²) in [5.74, 6) is 0.453. The van der Waals surface area contributed by atoms with Crippen LogP contribution in [-0.4, -0.2) is 35.9 Å². The van der Waals surface area contributed by atoms with Crippen LogP contribution in [0.2, 0.25) is 5.02 Å². The summed E-state index contributed by atoms with van der Waals surface area (Å²) in [4.78, 5) is 27.1. The second kappa shape index (κ2) is 10.9. The topological polar surface area (TPSA) is 58.6 Å². The first-order chi connectivity index (χ1) is 13.8. The molecule has 0 fully saturated rings. The number of carbonyl (C=O) groups excluding carboxylic acids is 2. The van der Waals surface area contributed by atoms with Crippen LogP contribution < -0.4 is 10.1 Å². The van der Waals surface area contributed by atoms with E-state index in [1.165, 1.54) is 0 Å². The van der Waals surface area contributed by atoms with Crippen molar-refractivity contribution >= 4 is 23.4 Å². The normalized spacial score (nSPS) is 11.8. The first kappa shape index (κ1) is 22.8. The second-order valence-corrected chi connectivity index (χ2v) is 8.00. The maximum atomic E-state index is 12.9. The summed E-state index contributed by atoms with van der Waals surface area (Å²) in [6, 6.07) is 14.1. The monoisotopic (exact) mass is 416 g/mol. The number of ether oxygens (including phenoxy) is 1. The van der Waals surface area contributed by atoms with Crippen LogP contribution in [-0.2, 0) is 16.1 Å². The largest absolute Gasteiger partial charge is 0.484 e. The third-order valence-corrected chi connectivity index (χ3v) is 4.75. The SMILES string of the molecule is Cc1ccc(CN(C(=O)COc2ccc(Cl)cc2)[C@@H](C)C(=O)NCC(C)C)cc1. The van der Waals surface area contributed by atoms with Crippen LogP contribution in [0, 0.1) is 12.8 Å². The van der Waals surface area contributed by atoms with Crippen LogP contribution in [0.25, 0.3) is 0 Å². The average Bonchev–Trinajstić information content (AvgIpc) is 2.70. The lowest BCUT2D eigenvalue weighted by Gasteiger charge is -2.29. The highest BCUT2D eigenvalue weighted by Gasteiger charge is 2.26. The summed E-state index contributed by atoms with van der Waals surface area (Å²) < 4.78 is 5.61. The molecule has 2 amide bonds. The fourth-order valence-electron chi connectivity index (χ4n) is 2.68. The molecular weight excluding hydrogens is 388 g/mol. The minimum absolute atomic E-state index is 0.157. The molecule has 0 radical (unpaired) electrons. The molecule has 29 heavy (non-hydrogen) atoms. The summed E-state index contributed by atoms with van der Waals surface area (Å²) in [7, 11) is 0.